The van der Waals surface area contributed by atoms with Gasteiger partial charge in [-0.1, -0.05) is 18.2 Å². The highest BCUT2D eigenvalue weighted by Crippen LogP contribution is 2.36. The average Bonchev–Trinajstić information content (AvgIpc) is 3.11. The smallest absolute Gasteiger partial charge is 0.275 e. The van der Waals surface area contributed by atoms with Gasteiger partial charge in [0.15, 0.2) is 0 Å². The fraction of sp³-hybridized carbons (Fsp3) is 0.333. The molecular weight excluding hydrogens is 372 g/mol. The molecule has 0 saturated carbocycles. The van der Waals surface area contributed by atoms with E-state index in [4.69, 9.17) is 5.21 Å². The van der Waals surface area contributed by atoms with Gasteiger partial charge in [-0.15, -0.1) is 0 Å². The van der Waals surface area contributed by atoms with Crippen LogP contribution >= 0.6 is 0 Å². The molecule has 29 heavy (non-hydrogen) atoms. The highest BCUT2D eigenvalue weighted by Gasteiger charge is 2.36. The summed E-state index contributed by atoms with van der Waals surface area (Å²) in [6, 6.07) is 11.0. The van der Waals surface area contributed by atoms with E-state index in [2.05, 4.69) is 4.98 Å². The molecule has 8 nitrogen and oxygen atoms in total. The van der Waals surface area contributed by atoms with E-state index in [0.29, 0.717) is 26.1 Å². The first-order chi connectivity index (χ1) is 14.0. The summed E-state index contributed by atoms with van der Waals surface area (Å²) in [7, 11) is 0. The molecule has 2 atom stereocenters. The predicted molar refractivity (Wildman–Crippen MR) is 108 cm³/mol. The van der Waals surface area contributed by atoms with Crippen molar-refractivity contribution < 1.29 is 10.0 Å². The van der Waals surface area contributed by atoms with Crippen LogP contribution in [0.4, 0.5) is 5.69 Å². The second kappa shape index (κ2) is 6.75. The molecule has 0 aliphatic carbocycles. The highest BCUT2D eigenvalue weighted by atomic mass is 16.8. The Labute approximate surface area is 166 Å². The molecule has 2 aliphatic heterocycles. The van der Waals surface area contributed by atoms with Crippen molar-refractivity contribution in [2.45, 2.75) is 25.3 Å². The zero-order valence-electron chi connectivity index (χ0n) is 15.7. The maximum absolute atomic E-state index is 13.0. The van der Waals surface area contributed by atoms with Crippen LogP contribution in [0.3, 0.4) is 0 Å². The summed E-state index contributed by atoms with van der Waals surface area (Å²) in [5.74, 6) is 0.285. The van der Waals surface area contributed by atoms with Gasteiger partial charge in [0.05, 0.1) is 6.42 Å². The van der Waals surface area contributed by atoms with Crippen LogP contribution in [0.5, 0.6) is 0 Å². The van der Waals surface area contributed by atoms with Crippen molar-refractivity contribution >= 4 is 22.5 Å². The summed E-state index contributed by atoms with van der Waals surface area (Å²) in [5.41, 5.74) is 2.07. The Hall–Kier alpha value is -3.10. The number of fused-ring (bicyclic) bond motifs is 5. The molecule has 1 fully saturated rings. The number of carbonyl (C=O) groups is 1. The van der Waals surface area contributed by atoms with E-state index in [9.17, 15) is 14.8 Å². The molecule has 2 aliphatic rings. The second-order valence-corrected chi connectivity index (χ2v) is 7.97. The lowest BCUT2D eigenvalue weighted by molar-refractivity contribution is -0.133. The monoisotopic (exact) mass is 393 g/mol. The van der Waals surface area contributed by atoms with E-state index in [1.807, 2.05) is 35.4 Å². The zero-order valence-corrected chi connectivity index (χ0v) is 15.7. The summed E-state index contributed by atoms with van der Waals surface area (Å²) >= 11 is 0. The molecule has 0 radical (unpaired) electrons. The van der Waals surface area contributed by atoms with Crippen molar-refractivity contribution in [1.29, 1.82) is 0 Å². The van der Waals surface area contributed by atoms with Crippen molar-refractivity contribution in [2.75, 3.05) is 18.3 Å². The largest absolute Gasteiger partial charge is 0.733 e. The number of nitrogens with one attached hydrogen (secondary N) is 1. The minimum absolute atomic E-state index is 0.0509. The average molecular weight is 393 g/mol. The van der Waals surface area contributed by atoms with E-state index in [1.54, 1.807) is 10.6 Å². The number of anilines is 1. The molecule has 2 aromatic heterocycles. The van der Waals surface area contributed by atoms with Crippen molar-refractivity contribution in [3.05, 3.63) is 69.4 Å². The minimum atomic E-state index is -0.478. The van der Waals surface area contributed by atoms with Gasteiger partial charge < -0.3 is 24.9 Å². The van der Waals surface area contributed by atoms with E-state index >= 15 is 0 Å². The minimum Gasteiger partial charge on any atom is -0.733 e. The maximum Gasteiger partial charge on any atom is 0.275 e. The van der Waals surface area contributed by atoms with E-state index in [1.165, 1.54) is 6.07 Å². The summed E-state index contributed by atoms with van der Waals surface area (Å²) in [6.07, 6.45) is 3.15. The van der Waals surface area contributed by atoms with Gasteiger partial charge >= 0.3 is 0 Å². The van der Waals surface area contributed by atoms with Gasteiger partial charge in [0.1, 0.15) is 5.69 Å². The third-order valence-corrected chi connectivity index (χ3v) is 6.16. The van der Waals surface area contributed by atoms with Crippen LogP contribution in [0.1, 0.15) is 23.6 Å². The van der Waals surface area contributed by atoms with Gasteiger partial charge in [-0.05, 0) is 36.1 Å². The van der Waals surface area contributed by atoms with Gasteiger partial charge in [0, 0.05) is 48.3 Å². The molecule has 4 heterocycles. The SMILES string of the molecule is O=C(Cc1c[nH]c2ccccc12)N1C[C@H]2C[C@H](C1)c1ccc(N([O-])O)c(=O)n1C2. The molecule has 1 aromatic carbocycles. The normalized spacial score (nSPS) is 20.6. The highest BCUT2D eigenvalue weighted by molar-refractivity contribution is 5.89. The second-order valence-electron chi connectivity index (χ2n) is 7.97. The number of carbonyl (C=O) groups excluding carboxylic acids is 1. The third kappa shape index (κ3) is 3.01. The number of likely N-dealkylation sites (tertiary alicyclic amines) is 1. The Morgan fingerprint density at radius 1 is 1.21 bits per heavy atom. The molecule has 0 spiro atoms. The molecule has 150 valence electrons. The molecule has 3 aromatic rings. The van der Waals surface area contributed by atoms with Crippen molar-refractivity contribution in [3.63, 3.8) is 0 Å². The number of hydrogen-bond donors (Lipinski definition) is 2. The number of piperidine rings is 1. The molecule has 5 rings (SSSR count). The Kier molecular flexibility index (Phi) is 4.18. The molecule has 2 N–H and O–H groups in total. The first-order valence-electron chi connectivity index (χ1n) is 9.74. The van der Waals surface area contributed by atoms with E-state index < -0.39 is 5.56 Å². The lowest BCUT2D eigenvalue weighted by Crippen LogP contribution is -2.49. The number of aromatic amines is 1. The van der Waals surface area contributed by atoms with Gasteiger partial charge in [0.2, 0.25) is 5.91 Å². The van der Waals surface area contributed by atoms with Gasteiger partial charge in [-0.2, -0.15) is 0 Å². The fourth-order valence-corrected chi connectivity index (χ4v) is 4.84. The van der Waals surface area contributed by atoms with Gasteiger partial charge in [-0.25, -0.2) is 0 Å². The topological polar surface area (TPSA) is 105 Å². The number of nitrogens with zero attached hydrogens (tertiary/aromatic N) is 3. The van der Waals surface area contributed by atoms with Gasteiger partial charge in [-0.3, -0.25) is 14.8 Å². The first-order valence-corrected chi connectivity index (χ1v) is 9.74. The Bertz CT molecular complexity index is 1150. The number of para-hydroxylation sites is 1. The number of benzene rings is 1. The van der Waals surface area contributed by atoms with Crippen LogP contribution in [0, 0.1) is 11.1 Å². The summed E-state index contributed by atoms with van der Waals surface area (Å²) in [6.45, 7) is 1.59. The van der Waals surface area contributed by atoms with Crippen LogP contribution in [-0.2, 0) is 17.8 Å². The van der Waals surface area contributed by atoms with Crippen LogP contribution in [0.2, 0.25) is 0 Å². The quantitative estimate of drug-likeness (QED) is 0.664. The summed E-state index contributed by atoms with van der Waals surface area (Å²) < 4.78 is 1.58. The van der Waals surface area contributed by atoms with Crippen molar-refractivity contribution in [2.24, 2.45) is 5.92 Å². The van der Waals surface area contributed by atoms with E-state index in [0.717, 1.165) is 28.6 Å². The number of rotatable bonds is 3. The lowest BCUT2D eigenvalue weighted by Gasteiger charge is -2.43. The standard InChI is InChI=1S/C21H21N4O4/c26-20(8-14-9-22-17-4-2-1-3-16(14)17)23-10-13-7-15(12-23)18-5-6-19(25(28)29)21(27)24(18)11-13/h1-6,9,13,15,22,28H,7-8,10-12H2/q-1/t13-,15-/m1/s1. The van der Waals surface area contributed by atoms with Crippen LogP contribution in [0.15, 0.2) is 47.4 Å². The Morgan fingerprint density at radius 2 is 2.03 bits per heavy atom. The Morgan fingerprint density at radius 3 is 2.86 bits per heavy atom. The van der Waals surface area contributed by atoms with Crippen molar-refractivity contribution in [1.82, 2.24) is 14.5 Å². The van der Waals surface area contributed by atoms with E-state index in [-0.39, 0.29) is 28.7 Å². The first kappa shape index (κ1) is 18.0. The molecule has 1 amide bonds. The van der Waals surface area contributed by atoms with Crippen LogP contribution in [0.25, 0.3) is 10.9 Å². The van der Waals surface area contributed by atoms with Gasteiger partial charge in [0.25, 0.3) is 5.56 Å². The lowest BCUT2D eigenvalue weighted by atomic mass is 9.83. The number of H-pyrrole nitrogens is 1. The third-order valence-electron chi connectivity index (χ3n) is 6.16. The molecule has 1 saturated heterocycles. The Balaban J connectivity index is 1.38. The molecule has 2 bridgehead atoms. The molecule has 0 unspecified atom stereocenters. The number of hydrogen-bond acceptors (Lipinski definition) is 5. The number of pyridine rings is 1. The van der Waals surface area contributed by atoms with Crippen LogP contribution in [-0.4, -0.2) is 38.7 Å². The summed E-state index contributed by atoms with van der Waals surface area (Å²) in [5, 5.41) is 21.0. The molecule has 8 heteroatoms. The zero-order chi connectivity index (χ0) is 20.1. The van der Waals surface area contributed by atoms with Crippen molar-refractivity contribution in [3.8, 4) is 0 Å². The fourth-order valence-electron chi connectivity index (χ4n) is 4.84. The van der Waals surface area contributed by atoms with Crippen LogP contribution < -0.4 is 10.8 Å². The molecular formula is C21H21N4O4-. The number of aromatic nitrogens is 2. The maximum atomic E-state index is 13.0. The predicted octanol–water partition coefficient (Wildman–Crippen LogP) is 2.21. The summed E-state index contributed by atoms with van der Waals surface area (Å²) in [4.78, 5) is 30.6. The number of amides is 1.